The Morgan fingerprint density at radius 1 is 1.16 bits per heavy atom. The lowest BCUT2D eigenvalue weighted by atomic mass is 9.79. The molecule has 0 radical (unpaired) electrons. The molecule has 6 nitrogen and oxygen atoms in total. The van der Waals surface area contributed by atoms with Crippen molar-refractivity contribution >= 4 is 34.7 Å². The van der Waals surface area contributed by atoms with Gasteiger partial charge in [0.25, 0.3) is 0 Å². The maximum absolute atomic E-state index is 9.37. The van der Waals surface area contributed by atoms with Crippen LogP contribution in [0.1, 0.15) is 41.8 Å². The van der Waals surface area contributed by atoms with E-state index in [-0.39, 0.29) is 18.4 Å². The van der Waals surface area contributed by atoms with Crippen molar-refractivity contribution in [3.63, 3.8) is 0 Å². The van der Waals surface area contributed by atoms with Crippen LogP contribution in [0.3, 0.4) is 0 Å². The van der Waals surface area contributed by atoms with Gasteiger partial charge in [-0.05, 0) is 56.5 Å². The van der Waals surface area contributed by atoms with Gasteiger partial charge in [-0.25, -0.2) is 0 Å². The first-order valence-corrected chi connectivity index (χ1v) is 10.9. The highest BCUT2D eigenvalue weighted by atomic mass is 35.5. The van der Waals surface area contributed by atoms with Crippen molar-refractivity contribution in [1.82, 2.24) is 10.2 Å². The maximum Gasteiger partial charge on any atom is 0.157 e. The van der Waals surface area contributed by atoms with Crippen LogP contribution in [0.2, 0.25) is 0 Å². The number of anilines is 2. The Bertz CT molecular complexity index is 1190. The average molecular weight is 450 g/mol. The molecule has 2 aliphatic heterocycles. The largest absolute Gasteiger partial charge is 0.381 e. The highest BCUT2D eigenvalue weighted by Gasteiger charge is 2.45. The summed E-state index contributed by atoms with van der Waals surface area (Å²) in [5, 5.41) is 24.0. The molecule has 2 saturated heterocycles. The number of nitrogens with one attached hydrogen (secondary N) is 1. The standard InChI is InChI=1S/C25H27N5O.ClH/c1-16-19(12-26)5-4-6-21(16)17(2)27-24-23-11-20(7-8-22(23)18(3)28-29-24)30-13-25(14-30)9-10-31-15-25;/h4-8,11,17H,9-10,13-15H2,1-3H3,(H,27,29);1H/t17-;/m1./s1. The molecule has 2 aromatic carbocycles. The van der Waals surface area contributed by atoms with Crippen LogP contribution in [-0.2, 0) is 4.74 Å². The fraction of sp³-hybridized carbons (Fsp3) is 0.400. The van der Waals surface area contributed by atoms with Crippen molar-refractivity contribution in [2.75, 3.05) is 36.5 Å². The van der Waals surface area contributed by atoms with E-state index in [0.29, 0.717) is 11.0 Å². The third-order valence-electron chi connectivity index (χ3n) is 6.87. The second kappa shape index (κ2) is 8.57. The summed E-state index contributed by atoms with van der Waals surface area (Å²) in [4.78, 5) is 2.43. The first-order chi connectivity index (χ1) is 15.0. The molecule has 32 heavy (non-hydrogen) atoms. The van der Waals surface area contributed by atoms with Crippen molar-refractivity contribution in [1.29, 1.82) is 5.26 Å². The van der Waals surface area contributed by atoms with E-state index >= 15 is 0 Å². The van der Waals surface area contributed by atoms with E-state index in [0.717, 1.165) is 66.1 Å². The first kappa shape index (κ1) is 22.3. The normalized spacial score (nSPS) is 17.5. The molecule has 166 valence electrons. The lowest BCUT2D eigenvalue weighted by Gasteiger charge is -2.48. The fourth-order valence-electron chi connectivity index (χ4n) is 4.95. The lowest BCUT2D eigenvalue weighted by Crippen LogP contribution is -2.56. The summed E-state index contributed by atoms with van der Waals surface area (Å²) in [7, 11) is 0. The number of hydrogen-bond donors (Lipinski definition) is 1. The number of benzene rings is 2. The molecule has 3 aromatic rings. The van der Waals surface area contributed by atoms with Gasteiger partial charge in [0, 0.05) is 41.6 Å². The summed E-state index contributed by atoms with van der Waals surface area (Å²) in [5.41, 5.74) is 5.29. The fourth-order valence-corrected chi connectivity index (χ4v) is 4.95. The third kappa shape index (κ3) is 3.76. The molecule has 2 fully saturated rings. The number of hydrogen-bond acceptors (Lipinski definition) is 6. The minimum absolute atomic E-state index is 0. The van der Waals surface area contributed by atoms with E-state index < -0.39 is 0 Å². The summed E-state index contributed by atoms with van der Waals surface area (Å²) < 4.78 is 5.63. The van der Waals surface area contributed by atoms with E-state index in [1.807, 2.05) is 26.0 Å². The monoisotopic (exact) mass is 449 g/mol. The van der Waals surface area contributed by atoms with Crippen LogP contribution >= 0.6 is 12.4 Å². The molecule has 1 aromatic heterocycles. The number of nitriles is 1. The Balaban J connectivity index is 0.00000245. The number of nitrogens with zero attached hydrogens (tertiary/aromatic N) is 4. The minimum Gasteiger partial charge on any atom is -0.381 e. The second-order valence-electron chi connectivity index (χ2n) is 9.02. The first-order valence-electron chi connectivity index (χ1n) is 10.9. The van der Waals surface area contributed by atoms with Crippen LogP contribution in [0.5, 0.6) is 0 Å². The Morgan fingerprint density at radius 3 is 2.69 bits per heavy atom. The Labute approximate surface area is 195 Å². The predicted molar refractivity (Wildman–Crippen MR) is 130 cm³/mol. The van der Waals surface area contributed by atoms with E-state index in [1.165, 1.54) is 5.69 Å². The molecule has 0 unspecified atom stereocenters. The van der Waals surface area contributed by atoms with Crippen LogP contribution < -0.4 is 10.2 Å². The van der Waals surface area contributed by atoms with Gasteiger partial charge in [-0.1, -0.05) is 18.2 Å². The average Bonchev–Trinajstić information content (AvgIpc) is 3.25. The van der Waals surface area contributed by atoms with Crippen molar-refractivity contribution in [2.45, 2.75) is 33.2 Å². The molecule has 7 heteroatoms. The van der Waals surface area contributed by atoms with Crippen molar-refractivity contribution in [2.24, 2.45) is 5.41 Å². The van der Waals surface area contributed by atoms with Crippen LogP contribution in [-0.4, -0.2) is 36.5 Å². The number of fused-ring (bicyclic) bond motifs is 1. The molecule has 0 amide bonds. The van der Waals surface area contributed by atoms with Gasteiger partial charge in [-0.15, -0.1) is 17.5 Å². The number of ether oxygens (including phenoxy) is 1. The highest BCUT2D eigenvalue weighted by molar-refractivity contribution is 5.95. The van der Waals surface area contributed by atoms with Gasteiger partial charge < -0.3 is 15.0 Å². The zero-order chi connectivity index (χ0) is 21.6. The molecule has 5 rings (SSSR count). The summed E-state index contributed by atoms with van der Waals surface area (Å²) in [6, 6.07) is 14.7. The van der Waals surface area contributed by atoms with Gasteiger partial charge in [-0.2, -0.15) is 10.4 Å². The summed E-state index contributed by atoms with van der Waals surface area (Å²) in [5.74, 6) is 0.774. The van der Waals surface area contributed by atoms with E-state index in [9.17, 15) is 5.26 Å². The van der Waals surface area contributed by atoms with Crippen LogP contribution in [0.25, 0.3) is 10.8 Å². The molecular formula is C25H28ClN5O. The Morgan fingerprint density at radius 2 is 1.97 bits per heavy atom. The van der Waals surface area contributed by atoms with E-state index in [4.69, 9.17) is 4.74 Å². The number of halogens is 1. The van der Waals surface area contributed by atoms with Crippen LogP contribution in [0, 0.1) is 30.6 Å². The SMILES string of the molecule is Cc1c(C#N)cccc1[C@@H](C)Nc1nnc(C)c2ccc(N3CC4(CCOC4)C3)cc12.Cl. The maximum atomic E-state index is 9.37. The second-order valence-corrected chi connectivity index (χ2v) is 9.02. The molecule has 3 heterocycles. The lowest BCUT2D eigenvalue weighted by molar-refractivity contribution is 0.131. The third-order valence-corrected chi connectivity index (χ3v) is 6.87. The molecular weight excluding hydrogens is 422 g/mol. The van der Waals surface area contributed by atoms with Crippen molar-refractivity contribution in [3.05, 3.63) is 58.8 Å². The number of aromatic nitrogens is 2. The van der Waals surface area contributed by atoms with Gasteiger partial charge in [0.15, 0.2) is 5.82 Å². The van der Waals surface area contributed by atoms with Crippen molar-refractivity contribution < 1.29 is 4.74 Å². The molecule has 0 bridgehead atoms. The highest BCUT2D eigenvalue weighted by Crippen LogP contribution is 2.42. The Hall–Kier alpha value is -2.88. The summed E-state index contributed by atoms with van der Waals surface area (Å²) in [6.07, 6.45) is 1.16. The summed E-state index contributed by atoms with van der Waals surface area (Å²) in [6.45, 7) is 9.96. The van der Waals surface area contributed by atoms with Crippen LogP contribution in [0.15, 0.2) is 36.4 Å². The molecule has 0 saturated carbocycles. The predicted octanol–water partition coefficient (Wildman–Crippen LogP) is 4.94. The van der Waals surface area contributed by atoms with Gasteiger partial charge in [-0.3, -0.25) is 0 Å². The quantitative estimate of drug-likeness (QED) is 0.608. The number of rotatable bonds is 4. The van der Waals surface area contributed by atoms with E-state index in [1.54, 1.807) is 0 Å². The van der Waals surface area contributed by atoms with Gasteiger partial charge >= 0.3 is 0 Å². The van der Waals surface area contributed by atoms with Gasteiger partial charge in [0.2, 0.25) is 0 Å². The zero-order valence-corrected chi connectivity index (χ0v) is 19.5. The molecule has 0 aliphatic carbocycles. The van der Waals surface area contributed by atoms with E-state index in [2.05, 4.69) is 57.7 Å². The molecule has 2 aliphatic rings. The van der Waals surface area contributed by atoms with Crippen molar-refractivity contribution in [3.8, 4) is 6.07 Å². The molecule has 1 N–H and O–H groups in total. The molecule has 1 atom stereocenters. The zero-order valence-electron chi connectivity index (χ0n) is 18.7. The minimum atomic E-state index is 0. The topological polar surface area (TPSA) is 74.1 Å². The van der Waals surface area contributed by atoms with Gasteiger partial charge in [0.05, 0.1) is 30.0 Å². The smallest absolute Gasteiger partial charge is 0.157 e. The van der Waals surface area contributed by atoms with Gasteiger partial charge in [0.1, 0.15) is 0 Å². The van der Waals surface area contributed by atoms with Crippen LogP contribution in [0.4, 0.5) is 11.5 Å². The summed E-state index contributed by atoms with van der Waals surface area (Å²) >= 11 is 0. The molecule has 1 spiro atoms. The number of aryl methyl sites for hydroxylation is 1. The Kier molecular flexibility index (Phi) is 5.98.